The van der Waals surface area contributed by atoms with Crippen molar-refractivity contribution in [2.45, 2.75) is 0 Å². The van der Waals surface area contributed by atoms with Crippen molar-refractivity contribution in [3.05, 3.63) is 315 Å². The van der Waals surface area contributed by atoms with Crippen molar-refractivity contribution >= 4 is 43.6 Å². The Labute approximate surface area is 519 Å². The molecule has 90 heavy (non-hydrogen) atoms. The normalized spacial score (nSPS) is 11.3. The third-order valence-electron chi connectivity index (χ3n) is 17.2. The first kappa shape index (κ1) is 52.9. The van der Waals surface area contributed by atoms with E-state index in [1.165, 1.54) is 0 Å². The minimum atomic E-state index is 0.469. The van der Waals surface area contributed by atoms with E-state index in [1.54, 1.807) is 0 Å². The molecule has 8 nitrogen and oxygen atoms in total. The number of hydrogen-bond acceptors (Lipinski definition) is 6. The average Bonchev–Trinajstić information content (AvgIpc) is 1.66. The lowest BCUT2D eigenvalue weighted by molar-refractivity contribution is 1.12. The molecule has 0 aliphatic carbocycles. The molecule has 418 valence electrons. The molecule has 6 aromatic heterocycles. The molecular weight excluding hydrogens is 1100 g/mol. The summed E-state index contributed by atoms with van der Waals surface area (Å²) < 4.78 is 4.49. The predicted molar refractivity (Wildman–Crippen MR) is 365 cm³/mol. The topological polar surface area (TPSA) is 109 Å². The minimum absolute atomic E-state index is 0.469. The summed E-state index contributed by atoms with van der Waals surface area (Å²) in [5, 5.41) is 26.4. The van der Waals surface area contributed by atoms with Crippen molar-refractivity contribution in [2.24, 2.45) is 0 Å². The number of rotatable bonds is 11. The van der Waals surface area contributed by atoms with Gasteiger partial charge in [0, 0.05) is 90.8 Å². The lowest BCUT2D eigenvalue weighted by Crippen LogP contribution is -2.05. The maximum atomic E-state index is 12.1. The maximum Gasteiger partial charge on any atom is 0.104 e. The molecule has 6 heterocycles. The van der Waals surface area contributed by atoms with Gasteiger partial charge < -0.3 is 9.13 Å². The van der Waals surface area contributed by atoms with Gasteiger partial charge in [-0.25, -0.2) is 0 Å². The monoisotopic (exact) mass is 1150 g/mol. The van der Waals surface area contributed by atoms with Crippen molar-refractivity contribution in [3.63, 3.8) is 0 Å². The van der Waals surface area contributed by atoms with Gasteiger partial charge in [0.15, 0.2) is 0 Å². The fourth-order valence-electron chi connectivity index (χ4n) is 12.7. The van der Waals surface area contributed by atoms with Crippen molar-refractivity contribution in [1.29, 1.82) is 10.5 Å². The van der Waals surface area contributed by atoms with Gasteiger partial charge in [-0.1, -0.05) is 182 Å². The second-order valence-electron chi connectivity index (χ2n) is 22.5. The molecule has 0 fully saturated rings. The van der Waals surface area contributed by atoms with E-state index in [1.807, 2.05) is 122 Å². The molecular formula is C82H50N8. The Morgan fingerprint density at radius 3 is 0.800 bits per heavy atom. The van der Waals surface area contributed by atoms with Crippen LogP contribution in [0.5, 0.6) is 0 Å². The van der Waals surface area contributed by atoms with Crippen LogP contribution in [0.15, 0.2) is 304 Å². The molecule has 0 aliphatic rings. The van der Waals surface area contributed by atoms with Gasteiger partial charge in [-0.3, -0.25) is 19.9 Å². The molecule has 16 aromatic rings. The van der Waals surface area contributed by atoms with Crippen LogP contribution in [0.1, 0.15) is 11.1 Å². The van der Waals surface area contributed by atoms with Crippen LogP contribution in [-0.2, 0) is 0 Å². The van der Waals surface area contributed by atoms with E-state index in [2.05, 4.69) is 203 Å². The highest BCUT2D eigenvalue weighted by Gasteiger charge is 2.25. The van der Waals surface area contributed by atoms with E-state index in [-0.39, 0.29) is 0 Å². The van der Waals surface area contributed by atoms with Crippen LogP contribution in [-0.4, -0.2) is 29.1 Å². The fourth-order valence-corrected chi connectivity index (χ4v) is 12.7. The van der Waals surface area contributed by atoms with Crippen molar-refractivity contribution < 1.29 is 0 Å². The number of nitriles is 2. The van der Waals surface area contributed by atoms with Crippen LogP contribution >= 0.6 is 0 Å². The van der Waals surface area contributed by atoms with Crippen LogP contribution in [0, 0.1) is 22.7 Å². The highest BCUT2D eigenvalue weighted by atomic mass is 15.0. The highest BCUT2D eigenvalue weighted by Crippen LogP contribution is 2.44. The first-order valence-corrected chi connectivity index (χ1v) is 29.8. The molecule has 0 aliphatic heterocycles. The number of aromatic nitrogens is 6. The summed E-state index contributed by atoms with van der Waals surface area (Å²) in [5.41, 5.74) is 23.5. The Balaban J connectivity index is 0.921. The smallest absolute Gasteiger partial charge is 0.104 e. The van der Waals surface area contributed by atoms with Gasteiger partial charge in [0.05, 0.1) is 67.8 Å². The first-order chi connectivity index (χ1) is 44.5. The zero-order valence-electron chi connectivity index (χ0n) is 48.4. The van der Waals surface area contributed by atoms with E-state index in [0.29, 0.717) is 22.5 Å². The van der Waals surface area contributed by atoms with E-state index in [9.17, 15) is 10.5 Å². The summed E-state index contributed by atoms with van der Waals surface area (Å²) in [5.74, 6) is 0. The lowest BCUT2D eigenvalue weighted by Gasteiger charge is -2.19. The zero-order chi connectivity index (χ0) is 60.1. The standard InChI is InChI=1S/C82H50N8/c83-47-53-14-13-23-58(40-53)67-45-81(89-77-36-28-59(63-24-32-73(85-49-63)54-15-5-1-6-16-54)41-68(77)69-42-60(29-37-78(69)89)64-25-33-74(86-50-64)55-17-7-2-8-18-55)72(48-84)82(46-67)90-79-38-30-61(65-26-34-75(87-51-65)56-19-9-3-10-20-56)43-70(79)71-44-62(31-39-80(71)90)66-27-35-76(88-52-66)57-21-11-4-12-22-57/h1-46,49-52H. The Morgan fingerprint density at radius 2 is 0.522 bits per heavy atom. The van der Waals surface area contributed by atoms with Gasteiger partial charge >= 0.3 is 0 Å². The Hall–Kier alpha value is -12.6. The number of nitrogens with zero attached hydrogens (tertiary/aromatic N) is 8. The summed E-state index contributed by atoms with van der Waals surface area (Å²) in [4.78, 5) is 19.8. The largest absolute Gasteiger partial charge is 0.308 e. The highest BCUT2D eigenvalue weighted by molar-refractivity contribution is 6.14. The van der Waals surface area contributed by atoms with Crippen molar-refractivity contribution in [3.8, 4) is 124 Å². The van der Waals surface area contributed by atoms with Crippen LogP contribution in [0.25, 0.3) is 156 Å². The van der Waals surface area contributed by atoms with Crippen LogP contribution in [0.3, 0.4) is 0 Å². The van der Waals surface area contributed by atoms with Crippen molar-refractivity contribution in [1.82, 2.24) is 29.1 Å². The Morgan fingerprint density at radius 1 is 0.233 bits per heavy atom. The van der Waals surface area contributed by atoms with E-state index < -0.39 is 0 Å². The molecule has 10 aromatic carbocycles. The zero-order valence-corrected chi connectivity index (χ0v) is 48.4. The van der Waals surface area contributed by atoms with Crippen LogP contribution in [0.4, 0.5) is 0 Å². The molecule has 8 heteroatoms. The molecule has 0 bridgehead atoms. The second-order valence-corrected chi connectivity index (χ2v) is 22.5. The van der Waals surface area contributed by atoms with Crippen LogP contribution in [0.2, 0.25) is 0 Å². The van der Waals surface area contributed by atoms with Gasteiger partial charge in [0.2, 0.25) is 0 Å². The fraction of sp³-hybridized carbons (Fsp3) is 0. The molecule has 0 spiro atoms. The van der Waals surface area contributed by atoms with Gasteiger partial charge in [-0.2, -0.15) is 10.5 Å². The minimum Gasteiger partial charge on any atom is -0.308 e. The summed E-state index contributed by atoms with van der Waals surface area (Å²) in [6, 6.07) is 101. The Kier molecular flexibility index (Phi) is 13.1. The molecule has 0 unspecified atom stereocenters. The predicted octanol–water partition coefficient (Wildman–Crippen LogP) is 20.2. The second kappa shape index (κ2) is 22.3. The number of fused-ring (bicyclic) bond motifs is 6. The van der Waals surface area contributed by atoms with E-state index in [4.69, 9.17) is 19.9 Å². The molecule has 0 amide bonds. The van der Waals surface area contributed by atoms with Crippen molar-refractivity contribution in [2.75, 3.05) is 0 Å². The summed E-state index contributed by atoms with van der Waals surface area (Å²) in [6.07, 6.45) is 7.78. The average molecular weight is 1150 g/mol. The molecule has 16 rings (SSSR count). The summed E-state index contributed by atoms with van der Waals surface area (Å²) >= 11 is 0. The third kappa shape index (κ3) is 9.51. The molecule has 0 saturated carbocycles. The third-order valence-corrected chi connectivity index (χ3v) is 17.2. The number of pyridine rings is 4. The Bertz CT molecular complexity index is 4900. The summed E-state index contributed by atoms with van der Waals surface area (Å²) in [7, 11) is 0. The lowest BCUT2D eigenvalue weighted by atomic mass is 9.98. The maximum absolute atomic E-state index is 12.1. The number of hydrogen-bond donors (Lipinski definition) is 0. The summed E-state index contributed by atoms with van der Waals surface area (Å²) in [6.45, 7) is 0. The molecule has 0 saturated heterocycles. The quantitative estimate of drug-likeness (QED) is 0.128. The molecule has 0 N–H and O–H groups in total. The van der Waals surface area contributed by atoms with Gasteiger partial charge in [0.25, 0.3) is 0 Å². The van der Waals surface area contributed by atoms with Gasteiger partial charge in [-0.15, -0.1) is 0 Å². The van der Waals surface area contributed by atoms with Gasteiger partial charge in [-0.05, 0) is 130 Å². The first-order valence-electron chi connectivity index (χ1n) is 29.8. The van der Waals surface area contributed by atoms with Crippen LogP contribution < -0.4 is 0 Å². The number of benzene rings is 10. The van der Waals surface area contributed by atoms with E-state index >= 15 is 0 Å². The van der Waals surface area contributed by atoms with E-state index in [0.717, 1.165) is 144 Å². The molecule has 0 radical (unpaired) electrons. The SMILES string of the molecule is N#Cc1cccc(-c2cc(-n3c4ccc(-c5ccc(-c6ccccc6)nc5)cc4c4cc(-c5ccc(-c6ccccc6)nc5)ccc43)c(C#N)c(-n3c4ccc(-c5ccc(-c6ccccc6)nc5)cc4c4cc(-c5ccc(-c6ccccc6)nc5)ccc43)c2)c1. The van der Waals surface area contributed by atoms with Gasteiger partial charge in [0.1, 0.15) is 11.6 Å². The molecule has 0 atom stereocenters.